The second kappa shape index (κ2) is 11.2. The molecule has 252 valence electrons. The number of rotatable bonds is 4. The molecule has 1 amide bonds. The number of hydrogen-bond acceptors (Lipinski definition) is 10. The molecule has 12 nitrogen and oxygen atoms in total. The van der Waals surface area contributed by atoms with Crippen LogP contribution in [0.4, 0.5) is 37.0 Å². The lowest BCUT2D eigenvalue weighted by molar-refractivity contribution is -0.382. The van der Waals surface area contributed by atoms with Crippen LogP contribution in [0, 0.1) is 11.3 Å². The Hall–Kier alpha value is -2.70. The predicted octanol–water partition coefficient (Wildman–Crippen LogP) is 5.63. The molecule has 2 aromatic rings. The maximum atomic E-state index is 13.8. The summed E-state index contributed by atoms with van der Waals surface area (Å²) in [6.07, 6.45) is -9.39. The Morgan fingerprint density at radius 3 is 2.26 bits per heavy atom. The number of carbonyl (C=O) groups is 1. The van der Waals surface area contributed by atoms with Crippen LogP contribution in [0.1, 0.15) is 39.0 Å². The van der Waals surface area contributed by atoms with Gasteiger partial charge < -0.3 is 23.7 Å². The van der Waals surface area contributed by atoms with Gasteiger partial charge in [-0.15, -0.1) is 0 Å². The molecule has 4 heterocycles. The summed E-state index contributed by atoms with van der Waals surface area (Å²) in [6, 6.07) is 2.13. The van der Waals surface area contributed by atoms with Gasteiger partial charge in [-0.1, -0.05) is 23.2 Å². The molecule has 3 fully saturated rings. The minimum atomic E-state index is -5.50. The third-order valence-electron chi connectivity index (χ3n) is 6.81. The lowest BCUT2D eigenvalue weighted by Crippen LogP contribution is -2.61. The number of amides is 1. The zero-order valence-electron chi connectivity index (χ0n) is 24.1. The van der Waals surface area contributed by atoms with Crippen molar-refractivity contribution in [2.24, 2.45) is 0 Å². The third kappa shape index (κ3) is 6.05. The van der Waals surface area contributed by atoms with E-state index in [2.05, 4.69) is 5.10 Å². The number of hydrogen-bond donors (Lipinski definition) is 0. The van der Waals surface area contributed by atoms with Crippen LogP contribution in [0.15, 0.2) is 17.0 Å². The molecule has 3 aliphatic heterocycles. The highest BCUT2D eigenvalue weighted by Crippen LogP contribution is 2.49. The van der Waals surface area contributed by atoms with Gasteiger partial charge in [0.05, 0.1) is 22.2 Å². The predicted molar refractivity (Wildman–Crippen MR) is 143 cm³/mol. The van der Waals surface area contributed by atoms with Crippen molar-refractivity contribution in [2.45, 2.75) is 80.1 Å². The van der Waals surface area contributed by atoms with E-state index in [0.29, 0.717) is 21.7 Å². The van der Waals surface area contributed by atoms with Crippen molar-refractivity contribution in [1.82, 2.24) is 9.78 Å². The van der Waals surface area contributed by atoms with Crippen LogP contribution in [-0.4, -0.2) is 75.1 Å². The van der Waals surface area contributed by atoms with E-state index in [9.17, 15) is 40.6 Å². The first-order chi connectivity index (χ1) is 21.0. The van der Waals surface area contributed by atoms with Crippen molar-refractivity contribution in [1.29, 1.82) is 5.26 Å². The summed E-state index contributed by atoms with van der Waals surface area (Å²) in [4.78, 5) is 12.7. The van der Waals surface area contributed by atoms with Gasteiger partial charge in [0.2, 0.25) is 0 Å². The number of nitriles is 1. The molecule has 5 atom stereocenters. The fourth-order valence-corrected chi connectivity index (χ4v) is 6.68. The first-order valence-corrected chi connectivity index (χ1v) is 14.8. The van der Waals surface area contributed by atoms with Crippen molar-refractivity contribution in [3.63, 3.8) is 0 Å². The Kier molecular flexibility index (Phi) is 8.42. The maximum Gasteiger partial charge on any atom is 0.476 e. The van der Waals surface area contributed by atoms with Crippen molar-refractivity contribution >= 4 is 45.9 Å². The Balaban J connectivity index is 1.62. The highest BCUT2D eigenvalue weighted by Gasteiger charge is 2.68. The number of ether oxygens (including phenoxy) is 6. The molecule has 21 heteroatoms. The first kappa shape index (κ1) is 34.6. The van der Waals surface area contributed by atoms with E-state index in [1.807, 2.05) is 0 Å². The number of nitrogens with zero attached hydrogens (tertiary/aromatic N) is 4. The van der Waals surface area contributed by atoms with Crippen molar-refractivity contribution in [2.75, 3.05) is 18.6 Å². The quantitative estimate of drug-likeness (QED) is 0.366. The largest absolute Gasteiger partial charge is 0.476 e. The molecule has 0 N–H and O–H groups in total. The second-order valence-corrected chi connectivity index (χ2v) is 13.3. The molecule has 46 heavy (non-hydrogen) atoms. The van der Waals surface area contributed by atoms with Gasteiger partial charge in [-0.25, -0.2) is 13.7 Å². The number of aromatic nitrogens is 2. The van der Waals surface area contributed by atoms with Crippen LogP contribution in [0.25, 0.3) is 5.69 Å². The number of anilines is 1. The molecule has 0 aliphatic carbocycles. The van der Waals surface area contributed by atoms with Crippen LogP contribution in [0.5, 0.6) is 0 Å². The molecule has 0 spiro atoms. The minimum absolute atomic E-state index is 0.252. The van der Waals surface area contributed by atoms with Gasteiger partial charge in [-0.2, -0.15) is 36.7 Å². The van der Waals surface area contributed by atoms with Gasteiger partial charge in [0.25, 0.3) is 0 Å². The average Bonchev–Trinajstić information content (AvgIpc) is 3.53. The van der Waals surface area contributed by atoms with Crippen molar-refractivity contribution in [3.8, 4) is 11.8 Å². The maximum absolute atomic E-state index is 13.8. The molecule has 1 aromatic carbocycles. The standard InChI is InChI=1S/C25H22Cl2F6N4O8S/c1-21(2)41-14-9-40-24(18(16(14)42-21)43-22(3,4)45-24)44-20(38)36(5)19-17(46(39)25(31,32)33)13(8-34)35-37(19)15-11(26)6-10(7-12(15)27)23(28,29)30/h6-7,14,16,18H,9H2,1-5H3. The zero-order valence-corrected chi connectivity index (χ0v) is 26.4. The fourth-order valence-electron chi connectivity index (χ4n) is 5.15. The Morgan fingerprint density at radius 1 is 1.11 bits per heavy atom. The fraction of sp³-hybridized carbons (Fsp3) is 0.560. The summed E-state index contributed by atoms with van der Waals surface area (Å²) >= 11 is 12.2. The lowest BCUT2D eigenvalue weighted by atomic mass is 10.0. The molecule has 5 unspecified atom stereocenters. The van der Waals surface area contributed by atoms with E-state index < -0.39 is 102 Å². The zero-order chi connectivity index (χ0) is 34.4. The highest BCUT2D eigenvalue weighted by molar-refractivity contribution is 7.86. The molecule has 0 bridgehead atoms. The second-order valence-electron chi connectivity index (χ2n) is 11.0. The SMILES string of the molecule is CN(C(=O)OC12OCC3OC(C)(C)OC3C1OC(C)(C)O2)c1c(S(=O)C(F)(F)F)c(C#N)nn1-c1c(Cl)cc(C(F)(F)F)cc1Cl. The van der Waals surface area contributed by atoms with E-state index in [-0.39, 0.29) is 6.61 Å². The normalized spacial score (nSPS) is 27.4. The summed E-state index contributed by atoms with van der Waals surface area (Å²) in [5, 5.41) is 11.7. The smallest absolute Gasteiger partial charge is 0.388 e. The first-order valence-electron chi connectivity index (χ1n) is 12.9. The Labute approximate surface area is 268 Å². The monoisotopic (exact) mass is 722 g/mol. The lowest BCUT2D eigenvalue weighted by Gasteiger charge is -2.39. The van der Waals surface area contributed by atoms with E-state index in [0.717, 1.165) is 7.05 Å². The van der Waals surface area contributed by atoms with Crippen LogP contribution < -0.4 is 4.90 Å². The Bertz CT molecular complexity index is 1640. The van der Waals surface area contributed by atoms with E-state index in [1.165, 1.54) is 19.9 Å². The molecule has 1 aromatic heterocycles. The third-order valence-corrected chi connectivity index (χ3v) is 8.56. The molecular weight excluding hydrogens is 701 g/mol. The summed E-state index contributed by atoms with van der Waals surface area (Å²) in [6.45, 7) is 5.88. The van der Waals surface area contributed by atoms with Crippen LogP contribution in [-0.2, 0) is 45.4 Å². The van der Waals surface area contributed by atoms with Gasteiger partial charge in [0, 0.05) is 7.05 Å². The van der Waals surface area contributed by atoms with Gasteiger partial charge in [-0.3, -0.25) is 9.64 Å². The van der Waals surface area contributed by atoms with E-state index in [1.54, 1.807) is 13.8 Å². The average molecular weight is 723 g/mol. The molecule has 5 rings (SSSR count). The van der Waals surface area contributed by atoms with Crippen molar-refractivity contribution < 1.29 is 63.8 Å². The summed E-state index contributed by atoms with van der Waals surface area (Å²) in [5.41, 5.74) is -8.63. The van der Waals surface area contributed by atoms with Gasteiger partial charge >= 0.3 is 23.8 Å². The summed E-state index contributed by atoms with van der Waals surface area (Å²) in [7, 11) is -3.19. The minimum Gasteiger partial charge on any atom is -0.388 e. The van der Waals surface area contributed by atoms with E-state index >= 15 is 0 Å². The number of alkyl halides is 6. The van der Waals surface area contributed by atoms with Crippen LogP contribution in [0.2, 0.25) is 10.0 Å². The van der Waals surface area contributed by atoms with Gasteiger partial charge in [-0.05, 0) is 39.8 Å². The molecular formula is C25H22Cl2F6N4O8S. The molecule has 0 radical (unpaired) electrons. The van der Waals surface area contributed by atoms with Crippen LogP contribution >= 0.6 is 23.2 Å². The highest BCUT2D eigenvalue weighted by atomic mass is 35.5. The number of carbonyl (C=O) groups excluding carboxylic acids is 1. The van der Waals surface area contributed by atoms with Crippen molar-refractivity contribution in [3.05, 3.63) is 33.4 Å². The molecule has 0 saturated carbocycles. The Morgan fingerprint density at radius 2 is 1.72 bits per heavy atom. The van der Waals surface area contributed by atoms with E-state index in [4.69, 9.17) is 51.6 Å². The molecule has 3 aliphatic rings. The number of halogens is 8. The van der Waals surface area contributed by atoms with Gasteiger partial charge in [0.15, 0.2) is 40.0 Å². The summed E-state index contributed by atoms with van der Waals surface area (Å²) in [5.74, 6) is -5.98. The van der Waals surface area contributed by atoms with Crippen LogP contribution in [0.3, 0.4) is 0 Å². The van der Waals surface area contributed by atoms with Gasteiger partial charge in [0.1, 0.15) is 28.9 Å². The summed E-state index contributed by atoms with van der Waals surface area (Å²) < 4.78 is 130. The number of fused-ring (bicyclic) bond motifs is 3. The number of benzene rings is 1. The topological polar surface area (TPSA) is 134 Å². The molecule has 3 saturated heterocycles.